The fourth-order valence-corrected chi connectivity index (χ4v) is 3.48. The summed E-state index contributed by atoms with van der Waals surface area (Å²) in [5, 5.41) is 1.13. The van der Waals surface area contributed by atoms with E-state index in [1.165, 1.54) is 6.26 Å². The lowest BCUT2D eigenvalue weighted by Gasteiger charge is -2.16. The van der Waals surface area contributed by atoms with Gasteiger partial charge in [-0.3, -0.25) is 0 Å². The first-order valence-corrected chi connectivity index (χ1v) is 10.4. The number of hydrogen-bond donors (Lipinski definition) is 0. The first-order valence-electron chi connectivity index (χ1n) is 7.36. The van der Waals surface area contributed by atoms with Gasteiger partial charge in [0.2, 0.25) is 9.84 Å². The van der Waals surface area contributed by atoms with Crippen molar-refractivity contribution in [3.05, 3.63) is 77.9 Å². The zero-order chi connectivity index (χ0) is 16.5. The van der Waals surface area contributed by atoms with Crippen LogP contribution in [0.5, 0.6) is 0 Å². The molecule has 0 radical (unpaired) electrons. The second kappa shape index (κ2) is 9.08. The summed E-state index contributed by atoms with van der Waals surface area (Å²) in [7, 11) is -3.47. The first-order chi connectivity index (χ1) is 11.1. The van der Waals surface area contributed by atoms with E-state index in [0.29, 0.717) is 0 Å². The first kappa shape index (κ1) is 18.0. The van der Waals surface area contributed by atoms with Gasteiger partial charge in [0.25, 0.3) is 0 Å². The molecule has 0 amide bonds. The van der Waals surface area contributed by atoms with E-state index in [0.717, 1.165) is 28.2 Å². The van der Waals surface area contributed by atoms with Gasteiger partial charge in [0.15, 0.2) is 0 Å². The van der Waals surface area contributed by atoms with Gasteiger partial charge in [-0.2, -0.15) is 0 Å². The average molecular weight is 442 g/mol. The number of alkyl halides is 1. The van der Waals surface area contributed by atoms with E-state index in [4.69, 9.17) is 4.74 Å². The number of benzene rings is 2. The smallest absolute Gasteiger partial charge is 0.202 e. The van der Waals surface area contributed by atoms with E-state index < -0.39 is 9.84 Å². The molecule has 2 aromatic rings. The highest BCUT2D eigenvalue weighted by Crippen LogP contribution is 2.24. The molecule has 1 unspecified atom stereocenters. The molecule has 0 aliphatic rings. The molecule has 0 N–H and O–H groups in total. The predicted octanol–water partition coefficient (Wildman–Crippen LogP) is 4.90. The Morgan fingerprint density at radius 3 is 2.22 bits per heavy atom. The fraction of sp³-hybridized carbons (Fsp3) is 0.222. The molecule has 0 aliphatic carbocycles. The molecule has 0 bridgehead atoms. The normalized spacial score (nSPS) is 13.1. The molecule has 122 valence electrons. The SMILES string of the molecule is O=S(=O)(/C=C/OC(CCCI)c1ccccc1)c1ccccc1. The number of halogens is 1. The van der Waals surface area contributed by atoms with Crippen LogP contribution >= 0.6 is 22.6 Å². The van der Waals surface area contributed by atoms with Gasteiger partial charge in [-0.1, -0.05) is 71.1 Å². The maximum atomic E-state index is 12.2. The van der Waals surface area contributed by atoms with Crippen molar-refractivity contribution in [2.24, 2.45) is 0 Å². The molecule has 0 spiro atoms. The monoisotopic (exact) mass is 442 g/mol. The van der Waals surface area contributed by atoms with E-state index in [1.54, 1.807) is 30.3 Å². The largest absolute Gasteiger partial charge is 0.493 e. The summed E-state index contributed by atoms with van der Waals surface area (Å²) < 4.78 is 31.2. The van der Waals surface area contributed by atoms with Crippen LogP contribution < -0.4 is 0 Å². The summed E-state index contributed by atoms with van der Waals surface area (Å²) in [6.07, 6.45) is 3.03. The van der Waals surface area contributed by atoms with Gasteiger partial charge in [0.1, 0.15) is 6.10 Å². The number of hydrogen-bond acceptors (Lipinski definition) is 3. The molecule has 0 saturated carbocycles. The maximum Gasteiger partial charge on any atom is 0.202 e. The molecular formula is C18H19IO3S. The van der Waals surface area contributed by atoms with Crippen LogP contribution in [0.15, 0.2) is 77.2 Å². The molecule has 1 atom stereocenters. The highest BCUT2D eigenvalue weighted by atomic mass is 127. The number of ether oxygens (including phenoxy) is 1. The average Bonchev–Trinajstić information content (AvgIpc) is 2.59. The van der Waals surface area contributed by atoms with E-state index in [-0.39, 0.29) is 11.0 Å². The Morgan fingerprint density at radius 2 is 1.61 bits per heavy atom. The van der Waals surface area contributed by atoms with Crippen molar-refractivity contribution < 1.29 is 13.2 Å². The van der Waals surface area contributed by atoms with Crippen LogP contribution in [0.2, 0.25) is 0 Å². The second-order valence-electron chi connectivity index (χ2n) is 5.00. The number of sulfone groups is 1. The topological polar surface area (TPSA) is 43.4 Å². The molecule has 23 heavy (non-hydrogen) atoms. The van der Waals surface area contributed by atoms with Crippen LogP contribution in [0.25, 0.3) is 0 Å². The third-order valence-electron chi connectivity index (χ3n) is 3.32. The Morgan fingerprint density at radius 1 is 1.00 bits per heavy atom. The molecule has 0 fully saturated rings. The van der Waals surface area contributed by atoms with Crippen LogP contribution in [-0.4, -0.2) is 12.8 Å². The third-order valence-corrected chi connectivity index (χ3v) is 5.48. The molecule has 2 aromatic carbocycles. The van der Waals surface area contributed by atoms with Gasteiger partial charge >= 0.3 is 0 Å². The van der Waals surface area contributed by atoms with Crippen LogP contribution in [0.1, 0.15) is 24.5 Å². The van der Waals surface area contributed by atoms with E-state index >= 15 is 0 Å². The lowest BCUT2D eigenvalue weighted by atomic mass is 10.1. The van der Waals surface area contributed by atoms with Crippen molar-refractivity contribution >= 4 is 32.4 Å². The van der Waals surface area contributed by atoms with Gasteiger partial charge < -0.3 is 4.74 Å². The maximum absolute atomic E-state index is 12.2. The van der Waals surface area contributed by atoms with Crippen LogP contribution in [-0.2, 0) is 14.6 Å². The highest BCUT2D eigenvalue weighted by molar-refractivity contribution is 14.1. The summed E-state index contributed by atoms with van der Waals surface area (Å²) in [5.74, 6) is 0. The zero-order valence-electron chi connectivity index (χ0n) is 12.6. The van der Waals surface area contributed by atoms with Crippen molar-refractivity contribution in [1.82, 2.24) is 0 Å². The molecule has 3 nitrogen and oxygen atoms in total. The summed E-state index contributed by atoms with van der Waals surface area (Å²) in [4.78, 5) is 0.267. The summed E-state index contributed by atoms with van der Waals surface area (Å²) in [6, 6.07) is 18.2. The molecular weight excluding hydrogens is 423 g/mol. The molecule has 0 saturated heterocycles. The lowest BCUT2D eigenvalue weighted by molar-refractivity contribution is 0.137. The van der Waals surface area contributed by atoms with Gasteiger partial charge in [0.05, 0.1) is 16.6 Å². The van der Waals surface area contributed by atoms with Gasteiger partial charge in [0, 0.05) is 0 Å². The van der Waals surface area contributed by atoms with Crippen molar-refractivity contribution in [3.8, 4) is 0 Å². The third kappa shape index (κ3) is 5.66. The highest BCUT2D eigenvalue weighted by Gasteiger charge is 2.12. The minimum Gasteiger partial charge on any atom is -0.493 e. The summed E-state index contributed by atoms with van der Waals surface area (Å²) in [5.41, 5.74) is 1.05. The molecule has 2 rings (SSSR count). The Hall–Kier alpha value is -1.34. The molecule has 0 aromatic heterocycles. The lowest BCUT2D eigenvalue weighted by Crippen LogP contribution is -2.02. The van der Waals surface area contributed by atoms with Gasteiger partial charge in [-0.05, 0) is 35.0 Å². The molecule has 0 aliphatic heterocycles. The van der Waals surface area contributed by atoms with Gasteiger partial charge in [-0.25, -0.2) is 8.42 Å². The van der Waals surface area contributed by atoms with Crippen LogP contribution in [0.4, 0.5) is 0 Å². The summed E-state index contributed by atoms with van der Waals surface area (Å²) >= 11 is 2.33. The Balaban J connectivity index is 2.09. The van der Waals surface area contributed by atoms with E-state index in [2.05, 4.69) is 22.6 Å². The predicted molar refractivity (Wildman–Crippen MR) is 101 cm³/mol. The second-order valence-corrected chi connectivity index (χ2v) is 7.91. The standard InChI is InChI=1S/C18H19IO3S/c19-13-7-12-18(16-8-3-1-4-9-16)22-14-15-23(20,21)17-10-5-2-6-11-17/h1-6,8-11,14-15,18H,7,12-13H2/b15-14+. The molecule has 5 heteroatoms. The van der Waals surface area contributed by atoms with E-state index in [1.807, 2.05) is 30.3 Å². The Bertz CT molecular complexity index is 712. The minimum atomic E-state index is -3.47. The van der Waals surface area contributed by atoms with E-state index in [9.17, 15) is 8.42 Å². The Kier molecular flexibility index (Phi) is 7.11. The van der Waals surface area contributed by atoms with Crippen LogP contribution in [0.3, 0.4) is 0 Å². The van der Waals surface area contributed by atoms with Crippen molar-refractivity contribution in [2.75, 3.05) is 4.43 Å². The quantitative estimate of drug-likeness (QED) is 0.332. The fourth-order valence-electron chi connectivity index (χ4n) is 2.13. The Labute approximate surface area is 151 Å². The summed E-state index contributed by atoms with van der Waals surface area (Å²) in [6.45, 7) is 0. The van der Waals surface area contributed by atoms with Crippen molar-refractivity contribution in [3.63, 3.8) is 0 Å². The number of rotatable bonds is 8. The zero-order valence-corrected chi connectivity index (χ0v) is 15.6. The minimum absolute atomic E-state index is 0.131. The van der Waals surface area contributed by atoms with Crippen molar-refractivity contribution in [2.45, 2.75) is 23.8 Å². The van der Waals surface area contributed by atoms with Crippen molar-refractivity contribution in [1.29, 1.82) is 0 Å². The van der Waals surface area contributed by atoms with Gasteiger partial charge in [-0.15, -0.1) is 0 Å². The van der Waals surface area contributed by atoms with Crippen LogP contribution in [0, 0.1) is 0 Å². The molecule has 0 heterocycles.